The molecule has 0 aromatic carbocycles. The number of aliphatic hydroxyl groups excluding tert-OH is 4. The van der Waals surface area contributed by atoms with E-state index in [4.69, 9.17) is 24.7 Å². The Balaban J connectivity index is 1.43. The van der Waals surface area contributed by atoms with E-state index in [-0.39, 0.29) is 51.4 Å². The van der Waals surface area contributed by atoms with Crippen molar-refractivity contribution in [1.82, 2.24) is 51.7 Å². The number of hydrogen-bond donors (Lipinski definition) is 14. The number of methoxy groups -OCH3 is 1. The van der Waals surface area contributed by atoms with Gasteiger partial charge in [0.25, 0.3) is 5.56 Å². The molecule has 0 aliphatic carbocycles. The van der Waals surface area contributed by atoms with Crippen LogP contribution in [0.3, 0.4) is 0 Å². The Morgan fingerprint density at radius 3 is 2.12 bits per heavy atom. The molecule has 4 aliphatic rings. The lowest BCUT2D eigenvalue weighted by molar-refractivity contribution is -0.236. The van der Waals surface area contributed by atoms with Gasteiger partial charge in [0.05, 0.1) is 24.0 Å². The third kappa shape index (κ3) is 17.9. The average molecular weight is 1180 g/mol. The summed E-state index contributed by atoms with van der Waals surface area (Å²) in [6, 6.07) is -5.94. The number of aromatic amines is 1. The maximum Gasteiger partial charge on any atom is 0.330 e. The van der Waals surface area contributed by atoms with Crippen molar-refractivity contribution in [3.8, 4) is 0 Å². The molecular formula is C53H88N12O18. The lowest BCUT2D eigenvalue weighted by Crippen LogP contribution is -2.66. The Labute approximate surface area is 481 Å². The van der Waals surface area contributed by atoms with Crippen LogP contribution in [0.4, 0.5) is 9.59 Å². The number of urea groups is 2. The summed E-state index contributed by atoms with van der Waals surface area (Å²) in [7, 11) is 1.25. The lowest BCUT2D eigenvalue weighted by atomic mass is 9.82. The number of carboxylic acid groups (broad SMARTS) is 1. The molecule has 15 N–H and O–H groups in total. The first-order valence-electron chi connectivity index (χ1n) is 28.8. The molecule has 5 heterocycles. The molecule has 1 aromatic rings. The van der Waals surface area contributed by atoms with Crippen LogP contribution in [0, 0.1) is 23.7 Å². The molecule has 3 saturated heterocycles. The number of nitrogens with zero attached hydrogens (tertiary/aromatic N) is 3. The second kappa shape index (κ2) is 32.1. The van der Waals surface area contributed by atoms with E-state index in [1.807, 2.05) is 6.92 Å². The summed E-state index contributed by atoms with van der Waals surface area (Å²) in [6.07, 6.45) is -8.66. The van der Waals surface area contributed by atoms with E-state index in [0.29, 0.717) is 19.4 Å². The van der Waals surface area contributed by atoms with Gasteiger partial charge in [-0.25, -0.2) is 19.2 Å². The molecule has 4 aliphatic heterocycles. The number of carbonyl (C=O) groups is 7. The first-order valence-corrected chi connectivity index (χ1v) is 28.8. The number of aliphatic hydroxyl groups is 4. The number of aliphatic carboxylic acids is 1. The monoisotopic (exact) mass is 1180 g/mol. The predicted molar refractivity (Wildman–Crippen MR) is 296 cm³/mol. The van der Waals surface area contributed by atoms with Crippen LogP contribution >= 0.6 is 0 Å². The Morgan fingerprint density at radius 2 is 1.49 bits per heavy atom. The molecule has 8 unspecified atom stereocenters. The standard InChI is InChI=1S/C53H88N12O18/c1-8-10-12-14-20-57-51(77)58-25-30-37(68)42(80-7)49(81-30)83-40(41-38(69)39(70)47(82-41)65-24-19-31(66)60-53(65)79)32-28(45(73)64(46(32)74)23-15-13-11-9-2)17-16-21-55-43(71)35(36(67)27(5)6)61-44(72)34(29-18-22-56-50(54)59-29)63-52(78)62-33(26(3)4)48(75)76/h19,24,26-30,32-42,47,49,67-70H,8-18,20-23,25H2,1-7H3,(H,55,71)(H,61,72)(H,75,76)(H3,54,56,59)(H2,57,58,77)(H,60,66,79)(H2,62,63,78)/t28?,29?,30-,32?,33?,34?,35?,36?,37-,38+,39-,40?,41+,42-,47-,49+/m1/s1. The fraction of sp³-hybridized carbons (Fsp3) is 0.774. The van der Waals surface area contributed by atoms with Gasteiger partial charge in [0.1, 0.15) is 60.9 Å². The zero-order chi connectivity index (χ0) is 61.2. The summed E-state index contributed by atoms with van der Waals surface area (Å²) in [6.45, 7) is 10.5. The molecule has 3 fully saturated rings. The molecule has 0 radical (unpaired) electrons. The van der Waals surface area contributed by atoms with Gasteiger partial charge in [0, 0.05) is 52.1 Å². The van der Waals surface area contributed by atoms with Crippen LogP contribution in [0.1, 0.15) is 118 Å². The van der Waals surface area contributed by atoms with Crippen molar-refractivity contribution in [2.45, 2.75) is 198 Å². The average Bonchev–Trinajstić information content (AvgIpc) is 2.31. The highest BCUT2D eigenvalue weighted by molar-refractivity contribution is 6.05. The van der Waals surface area contributed by atoms with Gasteiger partial charge in [0.15, 0.2) is 18.5 Å². The summed E-state index contributed by atoms with van der Waals surface area (Å²) in [5.41, 5.74) is 4.15. The van der Waals surface area contributed by atoms with Crippen LogP contribution in [0.15, 0.2) is 26.8 Å². The number of guanidine groups is 1. The first-order chi connectivity index (χ1) is 39.4. The van der Waals surface area contributed by atoms with Gasteiger partial charge in [-0.15, -0.1) is 0 Å². The van der Waals surface area contributed by atoms with Crippen molar-refractivity contribution in [3.63, 3.8) is 0 Å². The van der Waals surface area contributed by atoms with Gasteiger partial charge in [0.2, 0.25) is 23.6 Å². The van der Waals surface area contributed by atoms with E-state index in [2.05, 4.69) is 54.1 Å². The smallest absolute Gasteiger partial charge is 0.330 e. The van der Waals surface area contributed by atoms with Crippen LogP contribution in [0.5, 0.6) is 0 Å². The number of amides is 8. The zero-order valence-corrected chi connectivity index (χ0v) is 48.3. The Morgan fingerprint density at radius 1 is 0.807 bits per heavy atom. The summed E-state index contributed by atoms with van der Waals surface area (Å²) in [5, 5.41) is 74.3. The highest BCUT2D eigenvalue weighted by atomic mass is 16.7. The summed E-state index contributed by atoms with van der Waals surface area (Å²) in [4.78, 5) is 128. The maximum absolute atomic E-state index is 15.0. The summed E-state index contributed by atoms with van der Waals surface area (Å²) in [5.74, 6) is -8.62. The maximum atomic E-state index is 15.0. The van der Waals surface area contributed by atoms with Crippen LogP contribution in [0.2, 0.25) is 0 Å². The number of aromatic nitrogens is 2. The number of hydrogen-bond acceptors (Lipinski definition) is 20. The molecule has 83 heavy (non-hydrogen) atoms. The minimum absolute atomic E-state index is 0.0203. The number of carbonyl (C=O) groups excluding carboxylic acids is 6. The number of H-pyrrole nitrogens is 1. The molecule has 30 heteroatoms. The van der Waals surface area contributed by atoms with E-state index >= 15 is 0 Å². The van der Waals surface area contributed by atoms with Crippen molar-refractivity contribution >= 4 is 47.6 Å². The van der Waals surface area contributed by atoms with E-state index in [1.54, 1.807) is 27.7 Å². The fourth-order valence-electron chi connectivity index (χ4n) is 10.6. The topological polar surface area (TPSA) is 438 Å². The zero-order valence-electron chi connectivity index (χ0n) is 48.3. The number of carboxylic acids is 1. The van der Waals surface area contributed by atoms with E-state index < -0.39 is 162 Å². The third-order valence-electron chi connectivity index (χ3n) is 15.4. The van der Waals surface area contributed by atoms with Gasteiger partial charge in [-0.1, -0.05) is 80.1 Å². The number of likely N-dealkylation sites (tertiary alicyclic amines) is 1. The molecule has 8 amide bonds. The second-order valence-electron chi connectivity index (χ2n) is 22.2. The van der Waals surface area contributed by atoms with Crippen LogP contribution < -0.4 is 54.2 Å². The number of nitrogens with two attached hydrogens (primary N) is 1. The highest BCUT2D eigenvalue weighted by Crippen LogP contribution is 2.42. The summed E-state index contributed by atoms with van der Waals surface area (Å²) >= 11 is 0. The molecule has 1 aromatic heterocycles. The van der Waals surface area contributed by atoms with Crippen LogP contribution in [0.25, 0.3) is 0 Å². The first kappa shape index (κ1) is 67.5. The molecule has 468 valence electrons. The Kier molecular flexibility index (Phi) is 26.1. The predicted octanol–water partition coefficient (Wildman–Crippen LogP) is -2.45. The van der Waals surface area contributed by atoms with Gasteiger partial charge in [-0.3, -0.25) is 43.4 Å². The van der Waals surface area contributed by atoms with Crippen molar-refractivity contribution in [1.29, 1.82) is 0 Å². The molecular weight excluding hydrogens is 1090 g/mol. The highest BCUT2D eigenvalue weighted by Gasteiger charge is 2.60. The van der Waals surface area contributed by atoms with Gasteiger partial charge in [-0.2, -0.15) is 0 Å². The van der Waals surface area contributed by atoms with Gasteiger partial charge < -0.3 is 87.4 Å². The quantitative estimate of drug-likeness (QED) is 0.0263. The normalized spacial score (nSPS) is 27.1. The lowest BCUT2D eigenvalue weighted by Gasteiger charge is -2.34. The van der Waals surface area contributed by atoms with Crippen LogP contribution in [-0.4, -0.2) is 207 Å². The largest absolute Gasteiger partial charge is 0.480 e. The molecule has 0 saturated carbocycles. The van der Waals surface area contributed by atoms with Crippen molar-refractivity contribution in [2.24, 2.45) is 34.4 Å². The molecule has 0 spiro atoms. The second-order valence-corrected chi connectivity index (χ2v) is 22.2. The van der Waals surface area contributed by atoms with Gasteiger partial charge in [-0.05, 0) is 43.9 Å². The van der Waals surface area contributed by atoms with Crippen molar-refractivity contribution < 1.29 is 78.0 Å². The number of nitrogens with one attached hydrogen (secondary N) is 8. The van der Waals surface area contributed by atoms with Crippen molar-refractivity contribution in [3.05, 3.63) is 33.1 Å². The number of aliphatic imine (C=N–C) groups is 1. The molecule has 16 atom stereocenters. The number of ether oxygens (including phenoxy) is 4. The van der Waals surface area contributed by atoms with Gasteiger partial charge >= 0.3 is 23.7 Å². The van der Waals surface area contributed by atoms with Crippen molar-refractivity contribution in [2.75, 3.05) is 39.8 Å². The minimum atomic E-state index is -1.94. The molecule has 0 bridgehead atoms. The number of rotatable bonds is 32. The van der Waals surface area contributed by atoms with E-state index in [9.17, 15) is 68.7 Å². The van der Waals surface area contributed by atoms with Crippen LogP contribution in [-0.2, 0) is 42.9 Å². The Hall–Kier alpha value is -6.28. The SMILES string of the molecule is CCCCCCNC(=O)NC[C@H]1O[C@@H](OC(C2C(=O)N(CCCCCC)C(=O)C2CCCNC(=O)C(NC(=O)C(NC(=O)NC(C(=O)O)C(C)C)C2CCN=C(N)N2)C(O)C(C)C)[C@H]2O[C@@H](n3ccc(=O)[nH]c3=O)[C@H](O)[C@@H]2O)[C@H](OC)[C@@H]1O. The third-order valence-corrected chi connectivity index (χ3v) is 15.4. The van der Waals surface area contributed by atoms with E-state index in [1.165, 1.54) is 7.11 Å². The Bertz CT molecular complexity index is 2500. The molecule has 30 nitrogen and oxygen atoms in total. The number of imide groups is 1. The minimum Gasteiger partial charge on any atom is -0.480 e. The van der Waals surface area contributed by atoms with E-state index in [0.717, 1.165) is 60.3 Å². The molecule has 5 rings (SSSR count). The summed E-state index contributed by atoms with van der Waals surface area (Å²) < 4.78 is 25.5. The number of unbranched alkanes of at least 4 members (excludes halogenated alkanes) is 6. The fourth-order valence-corrected chi connectivity index (χ4v) is 10.6.